The van der Waals surface area contributed by atoms with Crippen LogP contribution in [0, 0.1) is 6.92 Å². The highest BCUT2D eigenvalue weighted by Crippen LogP contribution is 2.32. The van der Waals surface area contributed by atoms with E-state index in [1.165, 1.54) is 24.0 Å². The molecule has 1 saturated carbocycles. The number of hydrogen-bond donors (Lipinski definition) is 1. The molecule has 2 N–H and O–H groups in total. The van der Waals surface area contributed by atoms with Crippen molar-refractivity contribution in [2.75, 3.05) is 31.7 Å². The number of rotatable bonds is 7. The molecule has 1 aliphatic carbocycles. The molecule has 1 aromatic heterocycles. The number of aryl methyl sites for hydroxylation is 1. The predicted octanol–water partition coefficient (Wildman–Crippen LogP) is 1.51. The Morgan fingerprint density at radius 3 is 2.83 bits per heavy atom. The Morgan fingerprint density at radius 2 is 2.28 bits per heavy atom. The van der Waals surface area contributed by atoms with Crippen LogP contribution >= 0.6 is 0 Å². The van der Waals surface area contributed by atoms with Crippen molar-refractivity contribution in [3.05, 3.63) is 23.4 Å². The lowest BCUT2D eigenvalue weighted by Crippen LogP contribution is -2.31. The van der Waals surface area contributed by atoms with Gasteiger partial charge in [0.05, 0.1) is 6.61 Å². The summed E-state index contributed by atoms with van der Waals surface area (Å²) in [7, 11) is 1.75. The van der Waals surface area contributed by atoms with Gasteiger partial charge in [0.25, 0.3) is 0 Å². The van der Waals surface area contributed by atoms with Crippen molar-refractivity contribution in [3.8, 4) is 0 Å². The third-order valence-corrected chi connectivity index (χ3v) is 3.34. The number of pyridine rings is 1. The fourth-order valence-electron chi connectivity index (χ4n) is 2.27. The Kier molecular flexibility index (Phi) is 4.55. The van der Waals surface area contributed by atoms with E-state index in [-0.39, 0.29) is 0 Å². The normalized spacial score (nSPS) is 14.8. The highest BCUT2D eigenvalue weighted by Gasteiger charge is 2.30. The number of nitrogens with two attached hydrogens (primary N) is 1. The van der Waals surface area contributed by atoms with Crippen LogP contribution in [-0.2, 0) is 11.2 Å². The molecule has 4 heteroatoms. The van der Waals surface area contributed by atoms with Crippen LogP contribution < -0.4 is 10.6 Å². The van der Waals surface area contributed by atoms with E-state index in [9.17, 15) is 0 Å². The first-order valence-electron chi connectivity index (χ1n) is 6.67. The van der Waals surface area contributed by atoms with Gasteiger partial charge in [0.1, 0.15) is 5.82 Å². The average Bonchev–Trinajstić information content (AvgIpc) is 3.17. The van der Waals surface area contributed by atoms with Crippen LogP contribution in [0.3, 0.4) is 0 Å². The van der Waals surface area contributed by atoms with E-state index in [4.69, 9.17) is 10.5 Å². The molecule has 0 atom stereocenters. The van der Waals surface area contributed by atoms with E-state index in [1.807, 2.05) is 6.20 Å². The Hall–Kier alpha value is -1.13. The second-order valence-electron chi connectivity index (χ2n) is 4.94. The molecule has 0 bridgehead atoms. The van der Waals surface area contributed by atoms with Gasteiger partial charge in [-0.3, -0.25) is 0 Å². The van der Waals surface area contributed by atoms with Gasteiger partial charge in [0.2, 0.25) is 0 Å². The molecule has 0 unspecified atom stereocenters. The molecule has 0 radical (unpaired) electrons. The number of methoxy groups -OCH3 is 1. The fourth-order valence-corrected chi connectivity index (χ4v) is 2.27. The average molecular weight is 249 g/mol. The maximum absolute atomic E-state index is 5.58. The zero-order valence-corrected chi connectivity index (χ0v) is 11.4. The van der Waals surface area contributed by atoms with Gasteiger partial charge in [-0.25, -0.2) is 4.98 Å². The molecule has 18 heavy (non-hydrogen) atoms. The number of hydrogen-bond acceptors (Lipinski definition) is 4. The highest BCUT2D eigenvalue weighted by molar-refractivity contribution is 5.49. The molecule has 1 aromatic rings. The summed E-state index contributed by atoms with van der Waals surface area (Å²) in [4.78, 5) is 7.01. The summed E-state index contributed by atoms with van der Waals surface area (Å²) in [6, 6.07) is 2.86. The smallest absolute Gasteiger partial charge is 0.131 e. The summed E-state index contributed by atoms with van der Waals surface area (Å²) in [5.74, 6) is 1.11. The van der Waals surface area contributed by atoms with Crippen LogP contribution in [0.2, 0.25) is 0 Å². The molecule has 1 aliphatic rings. The Labute approximate surface area is 109 Å². The first-order chi connectivity index (χ1) is 8.76. The van der Waals surface area contributed by atoms with Gasteiger partial charge in [-0.15, -0.1) is 0 Å². The standard InChI is InChI=1S/C14H23N3O/c1-11-9-12(5-6-15)10-16-14(11)17(7-8-18-2)13-3-4-13/h9-10,13H,3-8,15H2,1-2H3. The van der Waals surface area contributed by atoms with Crippen LogP contribution in [0.4, 0.5) is 5.82 Å². The van der Waals surface area contributed by atoms with Crippen molar-refractivity contribution in [1.29, 1.82) is 0 Å². The maximum atomic E-state index is 5.58. The molecule has 0 aromatic carbocycles. The van der Waals surface area contributed by atoms with E-state index in [2.05, 4.69) is 22.9 Å². The Morgan fingerprint density at radius 1 is 1.50 bits per heavy atom. The minimum Gasteiger partial charge on any atom is -0.383 e. The first kappa shape index (κ1) is 13.3. The molecule has 100 valence electrons. The van der Waals surface area contributed by atoms with Crippen molar-refractivity contribution in [2.24, 2.45) is 5.73 Å². The summed E-state index contributed by atoms with van der Waals surface area (Å²) in [6.45, 7) is 4.48. The number of ether oxygens (including phenoxy) is 1. The molecule has 2 rings (SSSR count). The molecule has 0 amide bonds. The van der Waals surface area contributed by atoms with E-state index < -0.39 is 0 Å². The lowest BCUT2D eigenvalue weighted by atomic mass is 10.1. The minimum absolute atomic E-state index is 0.659. The van der Waals surface area contributed by atoms with E-state index in [0.717, 1.165) is 25.4 Å². The van der Waals surface area contributed by atoms with Crippen LogP contribution in [-0.4, -0.2) is 37.8 Å². The van der Waals surface area contributed by atoms with Crippen LogP contribution in [0.25, 0.3) is 0 Å². The quantitative estimate of drug-likeness (QED) is 0.796. The second kappa shape index (κ2) is 6.16. The van der Waals surface area contributed by atoms with Gasteiger partial charge in [-0.1, -0.05) is 6.07 Å². The second-order valence-corrected chi connectivity index (χ2v) is 4.94. The lowest BCUT2D eigenvalue weighted by Gasteiger charge is -2.25. The lowest BCUT2D eigenvalue weighted by molar-refractivity contribution is 0.204. The Balaban J connectivity index is 2.13. The molecule has 4 nitrogen and oxygen atoms in total. The van der Waals surface area contributed by atoms with E-state index in [0.29, 0.717) is 12.6 Å². The Bertz CT molecular complexity index is 391. The number of aromatic nitrogens is 1. The first-order valence-corrected chi connectivity index (χ1v) is 6.67. The van der Waals surface area contributed by atoms with Gasteiger partial charge < -0.3 is 15.4 Å². The van der Waals surface area contributed by atoms with E-state index in [1.54, 1.807) is 7.11 Å². The summed E-state index contributed by atoms with van der Waals surface area (Å²) in [5, 5.41) is 0. The van der Waals surface area contributed by atoms with Crippen LogP contribution in [0.15, 0.2) is 12.3 Å². The van der Waals surface area contributed by atoms with Crippen LogP contribution in [0.5, 0.6) is 0 Å². The van der Waals surface area contributed by atoms with Gasteiger partial charge in [-0.05, 0) is 43.9 Å². The summed E-state index contributed by atoms with van der Waals surface area (Å²) >= 11 is 0. The number of anilines is 1. The summed E-state index contributed by atoms with van der Waals surface area (Å²) in [5.41, 5.74) is 8.04. The zero-order valence-electron chi connectivity index (χ0n) is 11.4. The molecule has 0 spiro atoms. The largest absolute Gasteiger partial charge is 0.383 e. The molecular formula is C14H23N3O. The van der Waals surface area contributed by atoms with Crippen molar-refractivity contribution in [1.82, 2.24) is 4.98 Å². The summed E-state index contributed by atoms with van der Waals surface area (Å²) in [6.07, 6.45) is 5.40. The molecule has 1 heterocycles. The van der Waals surface area contributed by atoms with Crippen molar-refractivity contribution >= 4 is 5.82 Å². The number of nitrogens with zero attached hydrogens (tertiary/aromatic N) is 2. The van der Waals surface area contributed by atoms with Gasteiger partial charge in [-0.2, -0.15) is 0 Å². The van der Waals surface area contributed by atoms with Crippen molar-refractivity contribution in [3.63, 3.8) is 0 Å². The fraction of sp³-hybridized carbons (Fsp3) is 0.643. The molecule has 0 saturated heterocycles. The molecular weight excluding hydrogens is 226 g/mol. The van der Waals surface area contributed by atoms with Gasteiger partial charge in [0.15, 0.2) is 0 Å². The maximum Gasteiger partial charge on any atom is 0.131 e. The summed E-state index contributed by atoms with van der Waals surface area (Å²) < 4.78 is 5.19. The topological polar surface area (TPSA) is 51.4 Å². The monoisotopic (exact) mass is 249 g/mol. The van der Waals surface area contributed by atoms with Gasteiger partial charge in [0, 0.05) is 25.9 Å². The van der Waals surface area contributed by atoms with Gasteiger partial charge >= 0.3 is 0 Å². The molecule has 0 aliphatic heterocycles. The third-order valence-electron chi connectivity index (χ3n) is 3.34. The van der Waals surface area contributed by atoms with E-state index >= 15 is 0 Å². The van der Waals surface area contributed by atoms with Crippen molar-refractivity contribution < 1.29 is 4.74 Å². The van der Waals surface area contributed by atoms with Crippen LogP contribution in [0.1, 0.15) is 24.0 Å². The predicted molar refractivity (Wildman–Crippen MR) is 74.0 cm³/mol. The zero-order chi connectivity index (χ0) is 13.0. The van der Waals surface area contributed by atoms with Crippen molar-refractivity contribution in [2.45, 2.75) is 32.2 Å². The third kappa shape index (κ3) is 3.21. The molecule has 1 fully saturated rings. The highest BCUT2D eigenvalue weighted by atomic mass is 16.5. The SMILES string of the molecule is COCCN(c1ncc(CCN)cc1C)C1CC1. The minimum atomic E-state index is 0.659.